The van der Waals surface area contributed by atoms with Crippen LogP contribution in [0.5, 0.6) is 5.75 Å². The highest BCUT2D eigenvalue weighted by atomic mass is 32.1. The van der Waals surface area contributed by atoms with E-state index in [-0.39, 0.29) is 11.3 Å². The number of ether oxygens (including phenoxy) is 1. The zero-order chi connectivity index (χ0) is 17.5. The van der Waals surface area contributed by atoms with Crippen molar-refractivity contribution in [2.75, 3.05) is 6.61 Å². The molecule has 0 atom stereocenters. The van der Waals surface area contributed by atoms with E-state index >= 15 is 0 Å². The molecule has 0 spiro atoms. The Morgan fingerprint density at radius 2 is 2.08 bits per heavy atom. The first-order valence-corrected chi connectivity index (χ1v) is 8.77. The van der Waals surface area contributed by atoms with E-state index in [2.05, 4.69) is 6.07 Å². The van der Waals surface area contributed by atoms with Crippen LogP contribution >= 0.6 is 11.3 Å². The second-order valence-corrected chi connectivity index (χ2v) is 8.10. The molecule has 0 radical (unpaired) electrons. The first-order chi connectivity index (χ1) is 11.3. The Morgan fingerprint density at radius 3 is 2.79 bits per heavy atom. The second kappa shape index (κ2) is 6.06. The zero-order valence-electron chi connectivity index (χ0n) is 14.4. The van der Waals surface area contributed by atoms with E-state index in [1.165, 1.54) is 21.5 Å². The Bertz CT molecular complexity index is 974. The van der Waals surface area contributed by atoms with Crippen LogP contribution in [0, 0.1) is 5.41 Å². The Hall–Kier alpha value is -2.14. The minimum Gasteiger partial charge on any atom is -0.493 e. The lowest BCUT2D eigenvalue weighted by Crippen LogP contribution is -2.30. The Balaban J connectivity index is 2.07. The SMILES string of the molecule is Cn1c(=O)/c(=C/c2ccc3c(c2)CCO3)s/c1=C/C(=O)C(C)(C)C. The molecule has 1 aliphatic rings. The third-order valence-corrected chi connectivity index (χ3v) is 5.18. The first kappa shape index (κ1) is 16.7. The monoisotopic (exact) mass is 343 g/mol. The average molecular weight is 343 g/mol. The Morgan fingerprint density at radius 1 is 1.33 bits per heavy atom. The van der Waals surface area contributed by atoms with Crippen LogP contribution in [0.3, 0.4) is 0 Å². The van der Waals surface area contributed by atoms with Crippen LogP contribution in [0.2, 0.25) is 0 Å². The van der Waals surface area contributed by atoms with Crippen LogP contribution in [0.15, 0.2) is 23.0 Å². The van der Waals surface area contributed by atoms with Crippen LogP contribution in [-0.4, -0.2) is 17.0 Å². The third kappa shape index (κ3) is 3.22. The maximum absolute atomic E-state index is 12.4. The van der Waals surface area contributed by atoms with Gasteiger partial charge >= 0.3 is 0 Å². The number of carbonyl (C=O) groups is 1. The summed E-state index contributed by atoms with van der Waals surface area (Å²) in [6, 6.07) is 5.96. The fourth-order valence-corrected chi connectivity index (χ4v) is 3.51. The van der Waals surface area contributed by atoms with Crippen molar-refractivity contribution in [1.82, 2.24) is 4.57 Å². The standard InChI is InChI=1S/C19H21NO3S/c1-19(2,3)16(21)11-17-20(4)18(22)15(24-17)10-12-5-6-14-13(9-12)7-8-23-14/h5-6,9-11H,7-8H2,1-4H3/b15-10-,17-11+. The summed E-state index contributed by atoms with van der Waals surface area (Å²) < 4.78 is 8.35. The van der Waals surface area contributed by atoms with Crippen molar-refractivity contribution in [3.63, 3.8) is 0 Å². The molecular weight excluding hydrogens is 322 g/mol. The molecule has 0 N–H and O–H groups in total. The molecule has 1 aromatic heterocycles. The largest absolute Gasteiger partial charge is 0.493 e. The Kier molecular flexibility index (Phi) is 4.22. The zero-order valence-corrected chi connectivity index (χ0v) is 15.2. The van der Waals surface area contributed by atoms with Gasteiger partial charge in [-0.05, 0) is 29.3 Å². The van der Waals surface area contributed by atoms with Crippen LogP contribution in [0.4, 0.5) is 0 Å². The maximum atomic E-state index is 12.4. The molecule has 0 saturated heterocycles. The molecule has 0 unspecified atom stereocenters. The van der Waals surface area contributed by atoms with E-state index in [0.29, 0.717) is 15.8 Å². The summed E-state index contributed by atoms with van der Waals surface area (Å²) in [5.41, 5.74) is 1.62. The highest BCUT2D eigenvalue weighted by Gasteiger charge is 2.19. The molecule has 1 aromatic carbocycles. The predicted octanol–water partition coefficient (Wildman–Crippen LogP) is 1.61. The summed E-state index contributed by atoms with van der Waals surface area (Å²) >= 11 is 1.35. The predicted molar refractivity (Wildman–Crippen MR) is 96.9 cm³/mol. The lowest BCUT2D eigenvalue weighted by Gasteiger charge is -2.12. The van der Waals surface area contributed by atoms with Gasteiger partial charge in [-0.15, -0.1) is 11.3 Å². The molecule has 24 heavy (non-hydrogen) atoms. The molecule has 5 heteroatoms. The first-order valence-electron chi connectivity index (χ1n) is 7.95. The average Bonchev–Trinajstić information content (AvgIpc) is 3.07. The maximum Gasteiger partial charge on any atom is 0.268 e. The molecule has 2 aromatic rings. The van der Waals surface area contributed by atoms with Gasteiger partial charge in [-0.25, -0.2) is 0 Å². The fraction of sp³-hybridized carbons (Fsp3) is 0.368. The number of benzene rings is 1. The highest BCUT2D eigenvalue weighted by molar-refractivity contribution is 7.07. The summed E-state index contributed by atoms with van der Waals surface area (Å²) in [4.78, 5) is 24.6. The fourth-order valence-electron chi connectivity index (χ4n) is 2.48. The summed E-state index contributed by atoms with van der Waals surface area (Å²) in [5.74, 6) is 0.941. The lowest BCUT2D eigenvalue weighted by atomic mass is 9.91. The van der Waals surface area contributed by atoms with Gasteiger partial charge in [-0.2, -0.15) is 0 Å². The number of aromatic nitrogens is 1. The Labute approximate surface area is 144 Å². The van der Waals surface area contributed by atoms with Gasteiger partial charge in [0.25, 0.3) is 5.56 Å². The molecule has 2 heterocycles. The number of hydrogen-bond acceptors (Lipinski definition) is 4. The lowest BCUT2D eigenvalue weighted by molar-refractivity contribution is -0.120. The number of ketones is 1. The molecule has 0 amide bonds. The van der Waals surface area contributed by atoms with Gasteiger partial charge in [0, 0.05) is 25.0 Å². The molecule has 0 aliphatic carbocycles. The van der Waals surface area contributed by atoms with Crippen molar-refractivity contribution in [3.05, 3.63) is 48.9 Å². The van der Waals surface area contributed by atoms with Crippen molar-refractivity contribution in [2.24, 2.45) is 12.5 Å². The van der Waals surface area contributed by atoms with Crippen molar-refractivity contribution in [3.8, 4) is 5.75 Å². The number of hydrogen-bond donors (Lipinski definition) is 0. The third-order valence-electron chi connectivity index (χ3n) is 4.07. The van der Waals surface area contributed by atoms with E-state index in [0.717, 1.165) is 17.7 Å². The number of thiazole rings is 1. The number of carbonyl (C=O) groups excluding carboxylic acids is 1. The number of nitrogens with zero attached hydrogens (tertiary/aromatic N) is 1. The molecule has 0 saturated carbocycles. The van der Waals surface area contributed by atoms with E-state index in [9.17, 15) is 9.59 Å². The van der Waals surface area contributed by atoms with E-state index in [1.807, 2.05) is 39.0 Å². The molecule has 4 nitrogen and oxygen atoms in total. The molecule has 126 valence electrons. The quantitative estimate of drug-likeness (QED) is 0.832. The van der Waals surface area contributed by atoms with Crippen LogP contribution < -0.4 is 19.5 Å². The van der Waals surface area contributed by atoms with Crippen LogP contribution in [0.25, 0.3) is 12.2 Å². The summed E-state index contributed by atoms with van der Waals surface area (Å²) in [5, 5.41) is 0. The van der Waals surface area contributed by atoms with Gasteiger partial charge in [0.2, 0.25) is 0 Å². The minimum absolute atomic E-state index is 0.0144. The van der Waals surface area contributed by atoms with Gasteiger partial charge in [-0.1, -0.05) is 26.8 Å². The number of rotatable bonds is 2. The van der Waals surface area contributed by atoms with Crippen molar-refractivity contribution >= 4 is 29.3 Å². The van der Waals surface area contributed by atoms with E-state index in [4.69, 9.17) is 4.74 Å². The van der Waals surface area contributed by atoms with Gasteiger partial charge in [-0.3, -0.25) is 9.59 Å². The second-order valence-electron chi connectivity index (χ2n) is 7.04. The molecule has 0 bridgehead atoms. The summed E-state index contributed by atoms with van der Waals surface area (Å²) in [6.45, 7) is 6.33. The highest BCUT2D eigenvalue weighted by Crippen LogP contribution is 2.25. The van der Waals surface area contributed by atoms with Crippen LogP contribution in [0.1, 0.15) is 31.9 Å². The normalized spacial score (nSPS) is 15.5. The molecule has 3 rings (SSSR count). The van der Waals surface area contributed by atoms with E-state index < -0.39 is 5.41 Å². The van der Waals surface area contributed by atoms with Gasteiger partial charge in [0.1, 0.15) is 10.4 Å². The summed E-state index contributed by atoms with van der Waals surface area (Å²) in [7, 11) is 1.70. The van der Waals surface area contributed by atoms with Gasteiger partial charge in [0.05, 0.1) is 11.1 Å². The van der Waals surface area contributed by atoms with Crippen molar-refractivity contribution < 1.29 is 9.53 Å². The number of fused-ring (bicyclic) bond motifs is 1. The van der Waals surface area contributed by atoms with Gasteiger partial charge in [0.15, 0.2) is 5.78 Å². The van der Waals surface area contributed by atoms with Gasteiger partial charge < -0.3 is 9.30 Å². The van der Waals surface area contributed by atoms with Crippen LogP contribution in [-0.2, 0) is 18.3 Å². The number of Topliss-reactive ketones (excluding diaryl/α,β-unsaturated/α-hetero) is 1. The molecule has 0 fully saturated rings. The minimum atomic E-state index is -0.454. The smallest absolute Gasteiger partial charge is 0.268 e. The molecule has 1 aliphatic heterocycles. The topological polar surface area (TPSA) is 48.3 Å². The van der Waals surface area contributed by atoms with Crippen molar-refractivity contribution in [1.29, 1.82) is 0 Å². The van der Waals surface area contributed by atoms with E-state index in [1.54, 1.807) is 13.1 Å². The molecular formula is C19H21NO3S. The van der Waals surface area contributed by atoms with Crippen molar-refractivity contribution in [2.45, 2.75) is 27.2 Å². The summed E-state index contributed by atoms with van der Waals surface area (Å²) in [6.07, 6.45) is 4.35.